The molecule has 2 atom stereocenters. The number of imidazole rings is 1. The Morgan fingerprint density at radius 2 is 2.04 bits per heavy atom. The maximum Gasteiger partial charge on any atom is 0.244 e. The molecule has 5 heteroatoms. The molecular weight excluding hydrogens is 312 g/mol. The number of nitrogens with one attached hydrogen (secondary N) is 1. The van der Waals surface area contributed by atoms with Crippen molar-refractivity contribution in [1.82, 2.24) is 19.8 Å². The van der Waals surface area contributed by atoms with E-state index >= 15 is 0 Å². The van der Waals surface area contributed by atoms with Crippen LogP contribution in [0.2, 0.25) is 0 Å². The van der Waals surface area contributed by atoms with E-state index in [0.29, 0.717) is 12.1 Å². The van der Waals surface area contributed by atoms with Crippen LogP contribution in [0.15, 0.2) is 49.1 Å². The Morgan fingerprint density at radius 1 is 1.16 bits per heavy atom. The van der Waals surface area contributed by atoms with Gasteiger partial charge in [0.15, 0.2) is 0 Å². The Hall–Kier alpha value is -2.40. The van der Waals surface area contributed by atoms with Gasteiger partial charge < -0.3 is 9.88 Å². The number of aromatic nitrogens is 2. The first-order chi connectivity index (χ1) is 12.3. The zero-order chi connectivity index (χ0) is 17.1. The molecule has 5 nitrogen and oxygen atoms in total. The van der Waals surface area contributed by atoms with Gasteiger partial charge >= 0.3 is 0 Å². The van der Waals surface area contributed by atoms with E-state index in [1.807, 2.05) is 41.1 Å². The third kappa shape index (κ3) is 3.66. The van der Waals surface area contributed by atoms with E-state index in [4.69, 9.17) is 0 Å². The summed E-state index contributed by atoms with van der Waals surface area (Å²) in [6.07, 6.45) is 13.8. The molecule has 2 aliphatic heterocycles. The van der Waals surface area contributed by atoms with Crippen molar-refractivity contribution in [1.29, 1.82) is 0 Å². The lowest BCUT2D eigenvalue weighted by atomic mass is 9.99. The molecule has 25 heavy (non-hydrogen) atoms. The molecule has 0 spiro atoms. The monoisotopic (exact) mass is 336 g/mol. The zero-order valence-corrected chi connectivity index (χ0v) is 14.3. The molecule has 0 bridgehead atoms. The normalized spacial score (nSPS) is 23.7. The van der Waals surface area contributed by atoms with Gasteiger partial charge in [-0.15, -0.1) is 0 Å². The number of hydrogen-bond acceptors (Lipinski definition) is 3. The van der Waals surface area contributed by atoms with Crippen molar-refractivity contribution < 1.29 is 4.79 Å². The number of amides is 1. The summed E-state index contributed by atoms with van der Waals surface area (Å²) in [4.78, 5) is 18.9. The van der Waals surface area contributed by atoms with E-state index in [2.05, 4.69) is 15.2 Å². The fourth-order valence-corrected chi connectivity index (χ4v) is 3.99. The average molecular weight is 336 g/mol. The second-order valence-electron chi connectivity index (χ2n) is 6.90. The van der Waals surface area contributed by atoms with Crippen molar-refractivity contribution in [2.24, 2.45) is 0 Å². The topological polar surface area (TPSA) is 50.2 Å². The Labute approximate surface area is 148 Å². The zero-order valence-electron chi connectivity index (χ0n) is 14.3. The minimum atomic E-state index is 0.0103. The number of nitrogens with zero attached hydrogens (tertiary/aromatic N) is 3. The molecule has 0 aliphatic carbocycles. The summed E-state index contributed by atoms with van der Waals surface area (Å²) in [6.45, 7) is 2.31. The van der Waals surface area contributed by atoms with Gasteiger partial charge in [-0.2, -0.15) is 0 Å². The summed E-state index contributed by atoms with van der Waals surface area (Å²) < 4.78 is 1.95. The molecule has 2 saturated heterocycles. The first kappa shape index (κ1) is 16.1. The van der Waals surface area contributed by atoms with Gasteiger partial charge in [0.25, 0.3) is 0 Å². The predicted octanol–water partition coefficient (Wildman–Crippen LogP) is 2.63. The largest absolute Gasteiger partial charge is 0.348 e. The molecule has 1 aromatic heterocycles. The van der Waals surface area contributed by atoms with Crippen LogP contribution in [0.3, 0.4) is 0 Å². The summed E-state index contributed by atoms with van der Waals surface area (Å²) in [7, 11) is 0. The molecule has 0 radical (unpaired) electrons. The van der Waals surface area contributed by atoms with E-state index < -0.39 is 0 Å². The van der Waals surface area contributed by atoms with Gasteiger partial charge in [0.05, 0.1) is 6.33 Å². The Kier molecular flexibility index (Phi) is 4.65. The van der Waals surface area contributed by atoms with Gasteiger partial charge in [-0.3, -0.25) is 9.69 Å². The van der Waals surface area contributed by atoms with Crippen LogP contribution in [0.5, 0.6) is 0 Å². The number of benzene rings is 1. The molecule has 3 heterocycles. The minimum absolute atomic E-state index is 0.0103. The first-order valence-corrected chi connectivity index (χ1v) is 9.11. The van der Waals surface area contributed by atoms with Crippen molar-refractivity contribution >= 4 is 12.0 Å². The minimum Gasteiger partial charge on any atom is -0.348 e. The standard InChI is InChI=1S/C20H24N4O/c25-20(22-18-10-13-23-12-2-1-3-19(18)23)9-6-16-4-7-17(8-5-16)24-14-11-21-15-24/h4-9,11,14-15,18-19H,1-3,10,12-13H2,(H,22,25). The molecule has 130 valence electrons. The SMILES string of the molecule is O=C(C=Cc1ccc(-n2ccnc2)cc1)NC1CCN2CCCCC12. The summed E-state index contributed by atoms with van der Waals surface area (Å²) in [5, 5.41) is 3.20. The van der Waals surface area contributed by atoms with Crippen LogP contribution in [0.1, 0.15) is 31.2 Å². The van der Waals surface area contributed by atoms with Crippen LogP contribution >= 0.6 is 0 Å². The van der Waals surface area contributed by atoms with Crippen molar-refractivity contribution in [3.63, 3.8) is 0 Å². The van der Waals surface area contributed by atoms with E-state index in [0.717, 1.165) is 24.2 Å². The molecule has 1 N–H and O–H groups in total. The van der Waals surface area contributed by atoms with Crippen LogP contribution < -0.4 is 5.32 Å². The van der Waals surface area contributed by atoms with E-state index in [1.165, 1.54) is 25.8 Å². The lowest BCUT2D eigenvalue weighted by Gasteiger charge is -2.32. The number of hydrogen-bond donors (Lipinski definition) is 1. The van der Waals surface area contributed by atoms with Gasteiger partial charge in [0, 0.05) is 42.8 Å². The molecular formula is C20H24N4O. The summed E-state index contributed by atoms with van der Waals surface area (Å²) in [5.41, 5.74) is 2.08. The van der Waals surface area contributed by atoms with E-state index in [1.54, 1.807) is 18.6 Å². The highest BCUT2D eigenvalue weighted by Crippen LogP contribution is 2.27. The Morgan fingerprint density at radius 3 is 2.84 bits per heavy atom. The van der Waals surface area contributed by atoms with Crippen LogP contribution in [0, 0.1) is 0 Å². The molecule has 4 rings (SSSR count). The summed E-state index contributed by atoms with van der Waals surface area (Å²) in [5.74, 6) is 0.0103. The second kappa shape index (κ2) is 7.23. The van der Waals surface area contributed by atoms with Crippen LogP contribution in [-0.2, 0) is 4.79 Å². The smallest absolute Gasteiger partial charge is 0.244 e. The van der Waals surface area contributed by atoms with E-state index in [9.17, 15) is 4.79 Å². The van der Waals surface area contributed by atoms with Crippen molar-refractivity contribution in [3.05, 3.63) is 54.6 Å². The van der Waals surface area contributed by atoms with Gasteiger partial charge in [0.1, 0.15) is 0 Å². The average Bonchev–Trinajstić information content (AvgIpc) is 3.31. The van der Waals surface area contributed by atoms with Gasteiger partial charge in [0.2, 0.25) is 5.91 Å². The number of rotatable bonds is 4. The van der Waals surface area contributed by atoms with Gasteiger partial charge in [-0.25, -0.2) is 4.98 Å². The van der Waals surface area contributed by atoms with Crippen LogP contribution in [-0.4, -0.2) is 45.5 Å². The summed E-state index contributed by atoms with van der Waals surface area (Å²) >= 11 is 0. The van der Waals surface area contributed by atoms with Crippen molar-refractivity contribution in [2.45, 2.75) is 37.8 Å². The molecule has 2 aromatic rings. The van der Waals surface area contributed by atoms with Crippen LogP contribution in [0.4, 0.5) is 0 Å². The Bertz CT molecular complexity index is 736. The molecule has 0 saturated carbocycles. The fraction of sp³-hybridized carbons (Fsp3) is 0.400. The third-order valence-electron chi connectivity index (χ3n) is 5.31. The quantitative estimate of drug-likeness (QED) is 0.873. The lowest BCUT2D eigenvalue weighted by Crippen LogP contribution is -2.46. The highest BCUT2D eigenvalue weighted by Gasteiger charge is 2.35. The number of piperidine rings is 1. The molecule has 1 aromatic carbocycles. The molecule has 2 aliphatic rings. The highest BCUT2D eigenvalue weighted by molar-refractivity contribution is 5.92. The number of fused-ring (bicyclic) bond motifs is 1. The van der Waals surface area contributed by atoms with Crippen LogP contribution in [0.25, 0.3) is 11.8 Å². The second-order valence-corrected chi connectivity index (χ2v) is 6.90. The Balaban J connectivity index is 1.34. The lowest BCUT2D eigenvalue weighted by molar-refractivity contribution is -0.117. The predicted molar refractivity (Wildman–Crippen MR) is 98.4 cm³/mol. The van der Waals surface area contributed by atoms with Crippen molar-refractivity contribution in [3.8, 4) is 5.69 Å². The molecule has 1 amide bonds. The maximum absolute atomic E-state index is 12.3. The highest BCUT2D eigenvalue weighted by atomic mass is 16.1. The van der Waals surface area contributed by atoms with Gasteiger partial charge in [-0.05, 0) is 49.6 Å². The number of carbonyl (C=O) groups is 1. The maximum atomic E-state index is 12.3. The first-order valence-electron chi connectivity index (χ1n) is 9.11. The molecule has 2 fully saturated rings. The summed E-state index contributed by atoms with van der Waals surface area (Å²) in [6, 6.07) is 8.92. The fourth-order valence-electron chi connectivity index (χ4n) is 3.99. The third-order valence-corrected chi connectivity index (χ3v) is 5.31. The number of carbonyl (C=O) groups excluding carboxylic acids is 1. The van der Waals surface area contributed by atoms with Gasteiger partial charge in [-0.1, -0.05) is 18.6 Å². The van der Waals surface area contributed by atoms with Crippen molar-refractivity contribution in [2.75, 3.05) is 13.1 Å². The molecule has 2 unspecified atom stereocenters. The van der Waals surface area contributed by atoms with E-state index in [-0.39, 0.29) is 5.91 Å².